The average molecular weight is 544 g/mol. The van der Waals surface area contributed by atoms with Crippen LogP contribution in [0, 0.1) is 0 Å². The van der Waals surface area contributed by atoms with Crippen molar-refractivity contribution in [1.82, 2.24) is 0 Å². The second-order valence-electron chi connectivity index (χ2n) is 9.75. The van der Waals surface area contributed by atoms with Crippen LogP contribution in [0.5, 0.6) is 0 Å². The van der Waals surface area contributed by atoms with Crippen LogP contribution in [-0.4, -0.2) is 5.84 Å². The number of hydrazone groups is 1. The fourth-order valence-electron chi connectivity index (χ4n) is 5.78. The molecular weight excluding hydrogens is 518 g/mol. The van der Waals surface area contributed by atoms with Crippen molar-refractivity contribution < 1.29 is 0 Å². The van der Waals surface area contributed by atoms with E-state index in [4.69, 9.17) is 16.7 Å². The lowest BCUT2D eigenvalue weighted by molar-refractivity contribution is 0.407. The van der Waals surface area contributed by atoms with E-state index in [2.05, 4.69) is 137 Å². The Morgan fingerprint density at radius 3 is 2.05 bits per heavy atom. The summed E-state index contributed by atoms with van der Waals surface area (Å²) in [7, 11) is 0. The fourth-order valence-corrected chi connectivity index (χ4v) is 7.50. The topological polar surface area (TPSA) is 18.8 Å². The summed E-state index contributed by atoms with van der Waals surface area (Å²) < 4.78 is 0. The Morgan fingerprint density at radius 2 is 1.31 bits per heavy atom. The van der Waals surface area contributed by atoms with E-state index in [9.17, 15) is 0 Å². The van der Waals surface area contributed by atoms with Gasteiger partial charge in [-0.3, -0.25) is 4.90 Å². The van der Waals surface area contributed by atoms with Gasteiger partial charge in [0.2, 0.25) is 0 Å². The maximum atomic E-state index is 6.88. The van der Waals surface area contributed by atoms with Gasteiger partial charge < -0.3 is 0 Å². The van der Waals surface area contributed by atoms with E-state index in [0.717, 1.165) is 39.8 Å². The predicted molar refractivity (Wildman–Crippen MR) is 164 cm³/mol. The first-order chi connectivity index (χ1) is 19.3. The molecule has 0 aromatic heterocycles. The molecule has 190 valence electrons. The number of hydrogen-bond donors (Lipinski definition) is 0. The normalized spacial score (nSPS) is 20.1. The van der Waals surface area contributed by atoms with E-state index in [0.29, 0.717) is 0 Å². The molecule has 2 heterocycles. The van der Waals surface area contributed by atoms with Gasteiger partial charge in [0, 0.05) is 32.7 Å². The van der Waals surface area contributed by atoms with Crippen LogP contribution in [-0.2, 0) is 5.66 Å². The number of anilines is 2. The van der Waals surface area contributed by atoms with Gasteiger partial charge in [-0.05, 0) is 35.9 Å². The quantitative estimate of drug-likeness (QED) is 0.225. The lowest BCUT2D eigenvalue weighted by Gasteiger charge is -2.45. The molecule has 3 nitrogen and oxygen atoms in total. The molecule has 0 amide bonds. The molecule has 7 rings (SSSR count). The van der Waals surface area contributed by atoms with Crippen molar-refractivity contribution in [2.24, 2.45) is 5.10 Å². The van der Waals surface area contributed by atoms with E-state index in [1.807, 2.05) is 23.9 Å². The van der Waals surface area contributed by atoms with Crippen molar-refractivity contribution in [3.8, 4) is 0 Å². The van der Waals surface area contributed by atoms with E-state index < -0.39 is 5.66 Å². The highest BCUT2D eigenvalue weighted by Crippen LogP contribution is 2.58. The summed E-state index contributed by atoms with van der Waals surface area (Å²) in [5.41, 5.74) is 4.93. The van der Waals surface area contributed by atoms with Gasteiger partial charge in [0.15, 0.2) is 11.5 Å². The number of para-hydroxylation sites is 2. The summed E-state index contributed by atoms with van der Waals surface area (Å²) in [6.07, 6.45) is 0.759. The first kappa shape index (κ1) is 24.1. The Hall–Kier alpha value is -3.99. The van der Waals surface area contributed by atoms with Crippen molar-refractivity contribution >= 4 is 40.6 Å². The van der Waals surface area contributed by atoms with Crippen LogP contribution < -0.4 is 9.91 Å². The van der Waals surface area contributed by atoms with Gasteiger partial charge in [-0.15, -0.1) is 11.8 Å². The van der Waals surface area contributed by atoms with Crippen LogP contribution in [0.25, 0.3) is 0 Å². The minimum atomic E-state index is -0.642. The van der Waals surface area contributed by atoms with Gasteiger partial charge in [-0.1, -0.05) is 121 Å². The summed E-state index contributed by atoms with van der Waals surface area (Å²) in [6.45, 7) is 0. The largest absolute Gasteiger partial charge is 0.294 e. The summed E-state index contributed by atoms with van der Waals surface area (Å²) in [5, 5.41) is 8.55. The monoisotopic (exact) mass is 543 g/mol. The molecule has 5 aromatic carbocycles. The SMILES string of the molecule is Clc1ccccc1C1CC2(c3ccccc3)N(c3ccccc3)N=C(c3ccccc3)N2c2ccccc2S1. The molecule has 5 heteroatoms. The number of amidine groups is 1. The second-order valence-corrected chi connectivity index (χ2v) is 11.4. The fraction of sp³-hybridized carbons (Fsp3) is 0.0882. The molecule has 5 aromatic rings. The molecule has 0 radical (unpaired) electrons. The molecule has 0 aliphatic carbocycles. The summed E-state index contributed by atoms with van der Waals surface area (Å²) in [6, 6.07) is 48.8. The predicted octanol–water partition coefficient (Wildman–Crippen LogP) is 9.12. The molecule has 0 bridgehead atoms. The maximum Gasteiger partial charge on any atom is 0.167 e. The third-order valence-corrected chi connectivity index (χ3v) is 9.14. The molecule has 2 aliphatic rings. The molecular formula is C34H26ClN3S. The number of halogens is 1. The Morgan fingerprint density at radius 1 is 0.692 bits per heavy atom. The zero-order valence-corrected chi connectivity index (χ0v) is 22.8. The molecule has 2 atom stereocenters. The minimum Gasteiger partial charge on any atom is -0.294 e. The standard InChI is InChI=1S/C34H26ClN3S/c35-29-21-11-10-20-28(29)32-24-34(26-16-6-2-7-17-26)37(30-22-12-13-23-31(30)39-32)33(25-14-4-1-5-15-25)36-38(34)27-18-8-3-9-19-27/h1-23,32H,24H2. The van der Waals surface area contributed by atoms with Crippen LogP contribution in [0.4, 0.5) is 11.4 Å². The smallest absolute Gasteiger partial charge is 0.167 e. The number of hydrogen-bond acceptors (Lipinski definition) is 4. The summed E-state index contributed by atoms with van der Waals surface area (Å²) in [5.74, 6) is 0.927. The maximum absolute atomic E-state index is 6.88. The third-order valence-electron chi connectivity index (χ3n) is 7.49. The highest BCUT2D eigenvalue weighted by molar-refractivity contribution is 7.99. The van der Waals surface area contributed by atoms with Gasteiger partial charge in [0.05, 0.1) is 11.4 Å². The molecule has 2 aliphatic heterocycles. The van der Waals surface area contributed by atoms with Crippen molar-refractivity contribution in [2.45, 2.75) is 22.2 Å². The lowest BCUT2D eigenvalue weighted by Crippen LogP contribution is -2.54. The van der Waals surface area contributed by atoms with Crippen molar-refractivity contribution in [1.29, 1.82) is 0 Å². The van der Waals surface area contributed by atoms with E-state index in [1.165, 1.54) is 10.5 Å². The van der Waals surface area contributed by atoms with Crippen molar-refractivity contribution in [3.05, 3.63) is 161 Å². The Labute approximate surface area is 238 Å². The van der Waals surface area contributed by atoms with E-state index in [-0.39, 0.29) is 5.25 Å². The zero-order valence-electron chi connectivity index (χ0n) is 21.2. The van der Waals surface area contributed by atoms with Crippen LogP contribution in [0.2, 0.25) is 5.02 Å². The Kier molecular flexibility index (Phi) is 6.15. The molecule has 39 heavy (non-hydrogen) atoms. The summed E-state index contributed by atoms with van der Waals surface area (Å²) in [4.78, 5) is 3.67. The third kappa shape index (κ3) is 4.03. The van der Waals surface area contributed by atoms with Crippen molar-refractivity contribution in [2.75, 3.05) is 9.91 Å². The number of rotatable bonds is 4. The zero-order chi connectivity index (χ0) is 26.2. The van der Waals surface area contributed by atoms with Crippen molar-refractivity contribution in [3.63, 3.8) is 0 Å². The molecule has 0 fully saturated rings. The van der Waals surface area contributed by atoms with Crippen LogP contribution >= 0.6 is 23.4 Å². The van der Waals surface area contributed by atoms with Crippen LogP contribution in [0.1, 0.15) is 28.4 Å². The molecule has 2 unspecified atom stereocenters. The van der Waals surface area contributed by atoms with Gasteiger partial charge in [0.25, 0.3) is 0 Å². The highest BCUT2D eigenvalue weighted by Gasteiger charge is 2.55. The average Bonchev–Trinajstić information content (AvgIpc) is 3.26. The molecule has 0 N–H and O–H groups in total. The molecule has 0 saturated heterocycles. The minimum absolute atomic E-state index is 0.0848. The second kappa shape index (κ2) is 9.96. The molecule has 0 saturated carbocycles. The van der Waals surface area contributed by atoms with Gasteiger partial charge in [0.1, 0.15) is 0 Å². The first-order valence-electron chi connectivity index (χ1n) is 13.1. The van der Waals surface area contributed by atoms with Gasteiger partial charge >= 0.3 is 0 Å². The number of fused-ring (bicyclic) bond motifs is 3. The molecule has 0 spiro atoms. The Bertz CT molecular complexity index is 1640. The van der Waals surface area contributed by atoms with E-state index >= 15 is 0 Å². The lowest BCUT2D eigenvalue weighted by atomic mass is 9.88. The van der Waals surface area contributed by atoms with Crippen LogP contribution in [0.3, 0.4) is 0 Å². The summed E-state index contributed by atoms with van der Waals surface area (Å²) >= 11 is 8.76. The highest BCUT2D eigenvalue weighted by atomic mass is 35.5. The first-order valence-corrected chi connectivity index (χ1v) is 14.4. The Balaban J connectivity index is 1.56. The van der Waals surface area contributed by atoms with Gasteiger partial charge in [-0.2, -0.15) is 5.10 Å². The van der Waals surface area contributed by atoms with E-state index in [1.54, 1.807) is 0 Å². The van der Waals surface area contributed by atoms with Crippen LogP contribution in [0.15, 0.2) is 150 Å². The number of thioether (sulfide) groups is 1. The van der Waals surface area contributed by atoms with Gasteiger partial charge in [-0.25, -0.2) is 5.01 Å². The number of benzene rings is 5. The number of nitrogens with zero attached hydrogens (tertiary/aromatic N) is 3.